The van der Waals surface area contributed by atoms with Crippen molar-refractivity contribution in [3.8, 4) is 11.1 Å². The molecule has 2 rings (SSSR count). The van der Waals surface area contributed by atoms with E-state index in [-0.39, 0.29) is 6.04 Å². The molecule has 19 heavy (non-hydrogen) atoms. The van der Waals surface area contributed by atoms with Crippen molar-refractivity contribution in [2.24, 2.45) is 0 Å². The molecule has 0 unspecified atom stereocenters. The van der Waals surface area contributed by atoms with Gasteiger partial charge in [-0.15, -0.1) is 0 Å². The van der Waals surface area contributed by atoms with E-state index in [4.69, 9.17) is 10.0 Å². The molecule has 0 spiro atoms. The van der Waals surface area contributed by atoms with E-state index in [1.54, 1.807) is 30.3 Å². The van der Waals surface area contributed by atoms with E-state index in [0.717, 1.165) is 6.26 Å². The van der Waals surface area contributed by atoms with Crippen LogP contribution >= 0.6 is 0 Å². The Morgan fingerprint density at radius 3 is 2.53 bits per heavy atom. The summed E-state index contributed by atoms with van der Waals surface area (Å²) < 4.78 is 35.8. The van der Waals surface area contributed by atoms with Crippen LogP contribution in [0.4, 0.5) is 5.69 Å². The average Bonchev–Trinajstić information content (AvgIpc) is 2.37. The van der Waals surface area contributed by atoms with Gasteiger partial charge in [0, 0.05) is 0 Å². The first-order valence-corrected chi connectivity index (χ1v) is 8.53. The fraction of sp³-hybridized carbons (Fsp3) is 0.0769. The molecule has 0 saturated heterocycles. The number of benzene rings is 2. The molecule has 0 aliphatic rings. The first-order chi connectivity index (χ1) is 9.38. The summed E-state index contributed by atoms with van der Waals surface area (Å²) in [4.78, 5) is 0. The van der Waals surface area contributed by atoms with Gasteiger partial charge in [-0.1, -0.05) is 0 Å². The minimum atomic E-state index is -3.51. The third-order valence-electron chi connectivity index (χ3n) is 2.20. The average molecular weight is 371 g/mol. The van der Waals surface area contributed by atoms with Gasteiger partial charge in [-0.05, 0) is 0 Å². The second-order valence-electron chi connectivity index (χ2n) is 3.77. The number of para-hydroxylation sites is 1. The zero-order chi connectivity index (χ0) is 14.8. The quantitative estimate of drug-likeness (QED) is 0.654. The molecule has 0 fully saturated rings. The first-order valence-electron chi connectivity index (χ1n) is 5.81. The van der Waals surface area contributed by atoms with Gasteiger partial charge in [-0.3, -0.25) is 0 Å². The molecule has 6 heteroatoms. The summed E-state index contributed by atoms with van der Waals surface area (Å²) in [7, 11) is -3.51. The maximum absolute atomic E-state index is 11.1. The molecule has 2 aromatic carbocycles. The van der Waals surface area contributed by atoms with Crippen molar-refractivity contribution in [1.29, 1.82) is 0 Å². The standard InChI is InChI=1S/C12H10N.CH4O3S.Pd/c13-12-9-5-4-8-11(12)10-6-2-1-3-7-10;1-5(2,3)4;/h1-6,8-9H,13H2;1H3,(H,2,3,4);/q;;+1/p-1/i6D;;. The molecular weight excluding hydrogens is 357 g/mol. The first kappa shape index (κ1) is 12.8. The van der Waals surface area contributed by atoms with Crippen LogP contribution in [0.15, 0.2) is 48.5 Å². The van der Waals surface area contributed by atoms with Crippen LogP contribution in [0.2, 0.25) is 0 Å². The van der Waals surface area contributed by atoms with Crippen LogP contribution < -0.4 is 9.77 Å². The minimum absolute atomic E-state index is 0.288. The Kier molecular flexibility index (Phi) is 3.95. The molecule has 0 amide bonds. The van der Waals surface area contributed by atoms with Crippen molar-refractivity contribution in [3.05, 3.63) is 48.5 Å². The van der Waals surface area contributed by atoms with Crippen LogP contribution in [-0.2, 0) is 31.4 Å². The molecule has 4 nitrogen and oxygen atoms in total. The van der Waals surface area contributed by atoms with E-state index in [1.807, 2.05) is 12.1 Å². The number of anilines is 1. The zero-order valence-corrected chi connectivity index (χ0v) is 12.4. The molecule has 0 bridgehead atoms. The number of nitrogens with two attached hydrogens (primary N) is 1. The van der Waals surface area contributed by atoms with Crippen molar-refractivity contribution in [2.45, 2.75) is 0 Å². The molecule has 2 aromatic rings. The Balaban J connectivity index is 2.50. The van der Waals surface area contributed by atoms with Crippen molar-refractivity contribution >= 4 is 19.8 Å². The van der Waals surface area contributed by atoms with E-state index in [2.05, 4.69) is 0 Å². The Bertz CT molecular complexity index is 734. The van der Waals surface area contributed by atoms with Gasteiger partial charge >= 0.3 is 123 Å². The molecule has 0 aromatic heterocycles. The summed E-state index contributed by atoms with van der Waals surface area (Å²) in [6.45, 7) is 0. The van der Waals surface area contributed by atoms with Crippen LogP contribution in [0.3, 0.4) is 0 Å². The SMILES string of the molecule is [2H]c1ccc[c]([Pd][O]S(C)(=O)=O)c1-c1ccccc1N. The monoisotopic (exact) mass is 370 g/mol. The van der Waals surface area contributed by atoms with Gasteiger partial charge < -0.3 is 0 Å². The van der Waals surface area contributed by atoms with Gasteiger partial charge in [0.2, 0.25) is 0 Å². The van der Waals surface area contributed by atoms with Crippen LogP contribution in [-0.4, -0.2) is 14.7 Å². The van der Waals surface area contributed by atoms with E-state index in [9.17, 15) is 8.42 Å². The molecular formula is C13H13NO3PdS. The molecule has 0 atom stereocenters. The van der Waals surface area contributed by atoms with Crippen molar-refractivity contribution in [1.82, 2.24) is 0 Å². The predicted molar refractivity (Wildman–Crippen MR) is 71.9 cm³/mol. The van der Waals surface area contributed by atoms with Gasteiger partial charge in [0.25, 0.3) is 0 Å². The van der Waals surface area contributed by atoms with E-state index >= 15 is 0 Å². The summed E-state index contributed by atoms with van der Waals surface area (Å²) in [6, 6.07) is 12.6. The molecule has 0 heterocycles. The Labute approximate surface area is 122 Å². The summed E-state index contributed by atoms with van der Waals surface area (Å²) in [5.41, 5.74) is 7.80. The van der Waals surface area contributed by atoms with Gasteiger partial charge in [0.15, 0.2) is 0 Å². The molecule has 104 valence electrons. The van der Waals surface area contributed by atoms with Crippen molar-refractivity contribution in [3.63, 3.8) is 0 Å². The van der Waals surface area contributed by atoms with Gasteiger partial charge in [0.05, 0.1) is 0 Å². The van der Waals surface area contributed by atoms with E-state index in [0.29, 0.717) is 20.9 Å². The van der Waals surface area contributed by atoms with Gasteiger partial charge in [-0.2, -0.15) is 0 Å². The fourth-order valence-corrected chi connectivity index (χ4v) is 3.47. The van der Waals surface area contributed by atoms with Crippen molar-refractivity contribution < 1.29 is 31.0 Å². The Morgan fingerprint density at radius 2 is 1.84 bits per heavy atom. The van der Waals surface area contributed by atoms with Gasteiger partial charge in [0.1, 0.15) is 0 Å². The topological polar surface area (TPSA) is 69.4 Å². The van der Waals surface area contributed by atoms with E-state index in [1.165, 1.54) is 0 Å². The maximum atomic E-state index is 11.1. The van der Waals surface area contributed by atoms with Crippen molar-refractivity contribution in [2.75, 3.05) is 12.0 Å². The summed E-state index contributed by atoms with van der Waals surface area (Å²) in [6.07, 6.45) is 1.01. The van der Waals surface area contributed by atoms with E-state index < -0.39 is 28.5 Å². The molecule has 2 N–H and O–H groups in total. The van der Waals surface area contributed by atoms with Crippen LogP contribution in [0.25, 0.3) is 11.1 Å². The molecule has 0 saturated carbocycles. The summed E-state index contributed by atoms with van der Waals surface area (Å²) in [5, 5.41) is 0. The second-order valence-corrected chi connectivity index (χ2v) is 7.21. The molecule has 0 aliphatic heterocycles. The van der Waals surface area contributed by atoms with Crippen LogP contribution in [0.5, 0.6) is 0 Å². The summed E-state index contributed by atoms with van der Waals surface area (Å²) >= 11 is -0.610. The Morgan fingerprint density at radius 1 is 1.16 bits per heavy atom. The second kappa shape index (κ2) is 5.85. The number of nitrogen functional groups attached to an aromatic ring is 1. The van der Waals surface area contributed by atoms with Gasteiger partial charge in [-0.25, -0.2) is 0 Å². The molecule has 0 radical (unpaired) electrons. The Hall–Kier alpha value is -1.19. The van der Waals surface area contributed by atoms with Crippen LogP contribution in [0, 0.1) is 0 Å². The third kappa shape index (κ3) is 3.89. The fourth-order valence-electron chi connectivity index (χ4n) is 1.46. The summed E-state index contributed by atoms with van der Waals surface area (Å²) in [5.74, 6) is 0. The third-order valence-corrected chi connectivity index (χ3v) is 5.24. The zero-order valence-electron chi connectivity index (χ0n) is 11.1. The molecule has 0 aliphatic carbocycles. The number of hydrogen-bond acceptors (Lipinski definition) is 4. The number of hydrogen-bond donors (Lipinski definition) is 1. The normalized spacial score (nSPS) is 12.4. The van der Waals surface area contributed by atoms with Crippen LogP contribution in [0.1, 0.15) is 1.37 Å². The number of rotatable bonds is 4. The predicted octanol–water partition coefficient (Wildman–Crippen LogP) is 1.53.